The van der Waals surface area contributed by atoms with E-state index in [1.807, 2.05) is 12.1 Å². The minimum absolute atomic E-state index is 1.03. The summed E-state index contributed by atoms with van der Waals surface area (Å²) in [7, 11) is 0. The van der Waals surface area contributed by atoms with E-state index in [-0.39, 0.29) is 0 Å². The molecule has 0 bridgehead atoms. The third kappa shape index (κ3) is 2.78. The van der Waals surface area contributed by atoms with Gasteiger partial charge in [0.05, 0.1) is 20.4 Å². The fourth-order valence-corrected chi connectivity index (χ4v) is 5.23. The van der Waals surface area contributed by atoms with Crippen molar-refractivity contribution in [2.45, 2.75) is 0 Å². The van der Waals surface area contributed by atoms with Gasteiger partial charge in [0.2, 0.25) is 0 Å². The van der Waals surface area contributed by atoms with Crippen LogP contribution in [-0.2, 0) is 0 Å². The maximum Gasteiger partial charge on any atom is 0.124 e. The Morgan fingerprint density at radius 2 is 1.12 bits per heavy atom. The number of aromatic nitrogens is 2. The molecule has 0 aliphatic rings. The van der Waals surface area contributed by atoms with Gasteiger partial charge in [-0.2, -0.15) is 0 Å². The summed E-state index contributed by atoms with van der Waals surface area (Å²) in [6.45, 7) is 0. The van der Waals surface area contributed by atoms with E-state index in [0.717, 1.165) is 36.6 Å². The Hall–Kier alpha value is -2.08. The van der Waals surface area contributed by atoms with E-state index in [2.05, 4.69) is 70.5 Å². The van der Waals surface area contributed by atoms with Crippen molar-refractivity contribution >= 4 is 59.0 Å². The molecule has 3 aromatic carbocycles. The Morgan fingerprint density at radius 1 is 0.640 bits per heavy atom. The van der Waals surface area contributed by atoms with Crippen LogP contribution in [0.5, 0.6) is 0 Å². The molecule has 5 aromatic rings. The van der Waals surface area contributed by atoms with Crippen LogP contribution < -0.4 is 0 Å². The number of hydrogen-bond donors (Lipinski definition) is 0. The second-order valence-electron chi connectivity index (χ2n) is 5.70. The van der Waals surface area contributed by atoms with Gasteiger partial charge in [-0.15, -0.1) is 22.7 Å². The van der Waals surface area contributed by atoms with Gasteiger partial charge in [-0.3, -0.25) is 0 Å². The maximum absolute atomic E-state index is 4.78. The van der Waals surface area contributed by atoms with Crippen molar-refractivity contribution in [3.05, 3.63) is 71.2 Å². The van der Waals surface area contributed by atoms with E-state index in [9.17, 15) is 0 Å². The standard InChI is InChI=1S/C20H11BrN2S2/c21-14-10-12(19-22-15-5-1-3-7-17(15)24-19)9-13(11-14)20-23-16-6-2-4-8-18(16)25-20/h1-11H. The van der Waals surface area contributed by atoms with Crippen molar-refractivity contribution in [1.82, 2.24) is 9.97 Å². The first-order valence-corrected chi connectivity index (χ1v) is 10.2. The molecule has 0 aliphatic carbocycles. The van der Waals surface area contributed by atoms with Crippen molar-refractivity contribution in [2.75, 3.05) is 0 Å². The molecule has 5 rings (SSSR count). The molecule has 0 saturated carbocycles. The lowest BCUT2D eigenvalue weighted by molar-refractivity contribution is 1.45. The van der Waals surface area contributed by atoms with E-state index in [1.54, 1.807) is 22.7 Å². The minimum Gasteiger partial charge on any atom is -0.236 e. The van der Waals surface area contributed by atoms with E-state index in [1.165, 1.54) is 9.40 Å². The van der Waals surface area contributed by atoms with Crippen molar-refractivity contribution in [3.8, 4) is 21.1 Å². The number of nitrogens with zero attached hydrogens (tertiary/aromatic N) is 2. The normalized spacial score (nSPS) is 11.4. The SMILES string of the molecule is Brc1cc(-c2nc3ccccc3s2)cc(-c2nc3ccccc3s2)c1. The Bertz CT molecular complexity index is 1060. The fraction of sp³-hybridized carbons (Fsp3) is 0. The summed E-state index contributed by atoms with van der Waals surface area (Å²) in [6, 6.07) is 22.9. The number of rotatable bonds is 2. The van der Waals surface area contributed by atoms with Crippen LogP contribution in [0.1, 0.15) is 0 Å². The predicted molar refractivity (Wildman–Crippen MR) is 111 cm³/mol. The Morgan fingerprint density at radius 3 is 1.60 bits per heavy atom. The van der Waals surface area contributed by atoms with E-state index < -0.39 is 0 Å². The quantitative estimate of drug-likeness (QED) is 0.305. The van der Waals surface area contributed by atoms with Gasteiger partial charge in [-0.1, -0.05) is 40.2 Å². The molecule has 0 N–H and O–H groups in total. The first-order valence-electron chi connectivity index (χ1n) is 7.79. The van der Waals surface area contributed by atoms with Gasteiger partial charge < -0.3 is 0 Å². The summed E-state index contributed by atoms with van der Waals surface area (Å²) in [5.74, 6) is 0. The highest BCUT2D eigenvalue weighted by atomic mass is 79.9. The van der Waals surface area contributed by atoms with Crippen molar-refractivity contribution in [1.29, 1.82) is 0 Å². The first-order chi connectivity index (χ1) is 12.3. The smallest absolute Gasteiger partial charge is 0.124 e. The zero-order chi connectivity index (χ0) is 16.8. The zero-order valence-electron chi connectivity index (χ0n) is 12.9. The first kappa shape index (κ1) is 15.2. The minimum atomic E-state index is 1.03. The lowest BCUT2D eigenvalue weighted by Gasteiger charge is -2.02. The van der Waals surface area contributed by atoms with Gasteiger partial charge in [0, 0.05) is 15.6 Å². The highest BCUT2D eigenvalue weighted by Gasteiger charge is 2.11. The van der Waals surface area contributed by atoms with Gasteiger partial charge in [0.25, 0.3) is 0 Å². The number of fused-ring (bicyclic) bond motifs is 2. The van der Waals surface area contributed by atoms with Crippen LogP contribution in [0.25, 0.3) is 41.6 Å². The summed E-state index contributed by atoms with van der Waals surface area (Å²) in [5, 5.41) is 2.06. The zero-order valence-corrected chi connectivity index (χ0v) is 16.2. The third-order valence-electron chi connectivity index (χ3n) is 3.98. The van der Waals surface area contributed by atoms with Crippen LogP contribution in [0.2, 0.25) is 0 Å². The molecule has 2 heterocycles. The van der Waals surface area contributed by atoms with Gasteiger partial charge in [-0.25, -0.2) is 9.97 Å². The average molecular weight is 423 g/mol. The monoisotopic (exact) mass is 422 g/mol. The molecule has 25 heavy (non-hydrogen) atoms. The van der Waals surface area contributed by atoms with E-state index in [0.29, 0.717) is 0 Å². The summed E-state index contributed by atoms with van der Waals surface area (Å²) in [5.41, 5.74) is 4.32. The van der Waals surface area contributed by atoms with E-state index >= 15 is 0 Å². The van der Waals surface area contributed by atoms with Crippen LogP contribution in [-0.4, -0.2) is 9.97 Å². The lowest BCUT2D eigenvalue weighted by atomic mass is 10.1. The maximum atomic E-state index is 4.78. The van der Waals surface area contributed by atoms with Crippen molar-refractivity contribution in [3.63, 3.8) is 0 Å². The van der Waals surface area contributed by atoms with Crippen LogP contribution >= 0.6 is 38.6 Å². The molecule has 5 heteroatoms. The van der Waals surface area contributed by atoms with Crippen LogP contribution in [0.4, 0.5) is 0 Å². The predicted octanol–water partition coefficient (Wildman–Crippen LogP) is 7.00. The number of para-hydroxylation sites is 2. The lowest BCUT2D eigenvalue weighted by Crippen LogP contribution is -1.81. The summed E-state index contributed by atoms with van der Waals surface area (Å²) < 4.78 is 3.46. The molecular weight excluding hydrogens is 412 g/mol. The number of thiazole rings is 2. The van der Waals surface area contributed by atoms with Crippen LogP contribution in [0.3, 0.4) is 0 Å². The third-order valence-corrected chi connectivity index (χ3v) is 6.61. The van der Waals surface area contributed by atoms with Gasteiger partial charge in [0.15, 0.2) is 0 Å². The Labute approximate surface area is 160 Å². The molecule has 2 nitrogen and oxygen atoms in total. The summed E-state index contributed by atoms with van der Waals surface area (Å²) in [6.07, 6.45) is 0. The van der Waals surface area contributed by atoms with Crippen molar-refractivity contribution < 1.29 is 0 Å². The van der Waals surface area contributed by atoms with Crippen LogP contribution in [0.15, 0.2) is 71.2 Å². The Kier molecular flexibility index (Phi) is 3.66. The molecule has 2 aromatic heterocycles. The molecule has 0 radical (unpaired) electrons. The summed E-state index contributed by atoms with van der Waals surface area (Å²) in [4.78, 5) is 9.56. The molecule has 0 aliphatic heterocycles. The topological polar surface area (TPSA) is 25.8 Å². The number of hydrogen-bond acceptors (Lipinski definition) is 4. The molecule has 0 fully saturated rings. The molecule has 0 amide bonds. The van der Waals surface area contributed by atoms with Gasteiger partial charge >= 0.3 is 0 Å². The molecular formula is C20H11BrN2S2. The number of benzene rings is 3. The van der Waals surface area contributed by atoms with E-state index in [4.69, 9.17) is 9.97 Å². The molecule has 0 atom stereocenters. The highest BCUT2D eigenvalue weighted by molar-refractivity contribution is 9.10. The van der Waals surface area contributed by atoms with Crippen LogP contribution in [0, 0.1) is 0 Å². The molecule has 0 spiro atoms. The second kappa shape index (κ2) is 6.02. The molecule has 0 saturated heterocycles. The molecule has 120 valence electrons. The molecule has 0 unspecified atom stereocenters. The highest BCUT2D eigenvalue weighted by Crippen LogP contribution is 2.37. The fourth-order valence-electron chi connectivity index (χ4n) is 2.83. The largest absolute Gasteiger partial charge is 0.236 e. The van der Waals surface area contributed by atoms with Crippen molar-refractivity contribution in [2.24, 2.45) is 0 Å². The average Bonchev–Trinajstić information content (AvgIpc) is 3.25. The Balaban J connectivity index is 1.66. The van der Waals surface area contributed by atoms with Gasteiger partial charge in [-0.05, 0) is 42.5 Å². The second-order valence-corrected chi connectivity index (χ2v) is 8.68. The van der Waals surface area contributed by atoms with Gasteiger partial charge in [0.1, 0.15) is 10.0 Å². The number of halogens is 1. The summed E-state index contributed by atoms with van der Waals surface area (Å²) >= 11 is 7.09.